The van der Waals surface area contributed by atoms with Crippen LogP contribution in [0, 0.1) is 13.8 Å². The van der Waals surface area contributed by atoms with Crippen LogP contribution in [0.4, 0.5) is 0 Å². The van der Waals surface area contributed by atoms with Gasteiger partial charge in [-0.15, -0.1) is 0 Å². The third-order valence-corrected chi connectivity index (χ3v) is 3.68. The first-order valence-electron chi connectivity index (χ1n) is 7.66. The van der Waals surface area contributed by atoms with E-state index in [2.05, 4.69) is 36.5 Å². The van der Waals surface area contributed by atoms with Gasteiger partial charge in [0.25, 0.3) is 5.91 Å². The van der Waals surface area contributed by atoms with Crippen molar-refractivity contribution in [1.29, 1.82) is 0 Å². The van der Waals surface area contributed by atoms with Gasteiger partial charge in [0, 0.05) is 5.56 Å². The van der Waals surface area contributed by atoms with Crippen molar-refractivity contribution in [2.24, 2.45) is 5.10 Å². The van der Waals surface area contributed by atoms with Gasteiger partial charge in [-0.2, -0.15) is 5.10 Å². The number of hydrazone groups is 1. The third-order valence-electron chi connectivity index (χ3n) is 3.68. The topological polar surface area (TPSA) is 50.7 Å². The van der Waals surface area contributed by atoms with Gasteiger partial charge in [-0.05, 0) is 74.7 Å². The molecule has 0 aromatic heterocycles. The molecule has 0 unspecified atom stereocenters. The highest BCUT2D eigenvalue weighted by molar-refractivity contribution is 6.01. The lowest BCUT2D eigenvalue weighted by Crippen LogP contribution is -2.19. The van der Waals surface area contributed by atoms with Gasteiger partial charge in [-0.3, -0.25) is 4.79 Å². The first kappa shape index (κ1) is 16.7. The summed E-state index contributed by atoms with van der Waals surface area (Å²) < 4.78 is 5.36. The van der Waals surface area contributed by atoms with E-state index in [4.69, 9.17) is 4.74 Å². The molecule has 0 bridgehead atoms. The van der Waals surface area contributed by atoms with E-state index < -0.39 is 0 Å². The summed E-state index contributed by atoms with van der Waals surface area (Å²) in [7, 11) is 0. The molecule has 0 aliphatic heterocycles. The van der Waals surface area contributed by atoms with Crippen LogP contribution in [0.15, 0.2) is 47.6 Å². The lowest BCUT2D eigenvalue weighted by Gasteiger charge is -2.06. The number of carbonyl (C=O) groups is 1. The van der Waals surface area contributed by atoms with Gasteiger partial charge in [-0.25, -0.2) is 5.43 Å². The lowest BCUT2D eigenvalue weighted by atomic mass is 10.0. The number of amides is 1. The van der Waals surface area contributed by atoms with E-state index in [1.807, 2.05) is 19.9 Å². The Kier molecular flexibility index (Phi) is 5.52. The quantitative estimate of drug-likeness (QED) is 0.673. The van der Waals surface area contributed by atoms with Gasteiger partial charge in [-0.1, -0.05) is 12.1 Å². The summed E-state index contributed by atoms with van der Waals surface area (Å²) in [5.74, 6) is 0.509. The molecule has 0 heterocycles. The Bertz CT molecular complexity index is 719. The molecule has 2 rings (SSSR count). The minimum atomic E-state index is -0.240. The summed E-state index contributed by atoms with van der Waals surface area (Å²) in [5.41, 5.74) is 7.35. The zero-order valence-corrected chi connectivity index (χ0v) is 14.0. The second-order valence-corrected chi connectivity index (χ2v) is 5.39. The number of hydrogen-bond acceptors (Lipinski definition) is 3. The summed E-state index contributed by atoms with van der Waals surface area (Å²) in [6.45, 7) is 8.53. The van der Waals surface area contributed by atoms with Gasteiger partial charge in [0.15, 0.2) is 0 Å². The van der Waals surface area contributed by atoms with E-state index in [-0.39, 0.29) is 5.91 Å². The highest BCUT2D eigenvalue weighted by Crippen LogP contribution is 2.13. The minimum absolute atomic E-state index is 0.240. The van der Waals surface area contributed by atoms with E-state index in [0.29, 0.717) is 12.2 Å². The van der Waals surface area contributed by atoms with E-state index >= 15 is 0 Å². The van der Waals surface area contributed by atoms with Crippen molar-refractivity contribution >= 4 is 11.6 Å². The standard InChI is InChI=1S/C19H22N2O2/c1-5-23-18-10-8-16(9-11-18)19(22)21-20-15(4)17-7-6-13(2)14(3)12-17/h6-12H,5H2,1-4H3,(H,21,22)/b20-15-. The first-order chi connectivity index (χ1) is 11.0. The van der Waals surface area contributed by atoms with Crippen LogP contribution in [0.3, 0.4) is 0 Å². The molecule has 120 valence electrons. The largest absolute Gasteiger partial charge is 0.494 e. The van der Waals surface area contributed by atoms with Gasteiger partial charge in [0.1, 0.15) is 5.75 Å². The molecule has 0 spiro atoms. The van der Waals surface area contributed by atoms with Gasteiger partial charge in [0.2, 0.25) is 0 Å². The Morgan fingerprint density at radius 2 is 1.70 bits per heavy atom. The average molecular weight is 310 g/mol. The minimum Gasteiger partial charge on any atom is -0.494 e. The lowest BCUT2D eigenvalue weighted by molar-refractivity contribution is 0.0955. The number of aryl methyl sites for hydroxylation is 2. The second-order valence-electron chi connectivity index (χ2n) is 5.39. The maximum Gasteiger partial charge on any atom is 0.271 e. The fourth-order valence-corrected chi connectivity index (χ4v) is 2.10. The number of nitrogens with one attached hydrogen (secondary N) is 1. The highest BCUT2D eigenvalue weighted by atomic mass is 16.5. The third kappa shape index (κ3) is 4.42. The van der Waals surface area contributed by atoms with Crippen molar-refractivity contribution in [3.63, 3.8) is 0 Å². The molecule has 4 nitrogen and oxygen atoms in total. The van der Waals surface area contributed by atoms with Crippen LogP contribution in [0.25, 0.3) is 0 Å². The van der Waals surface area contributed by atoms with Crippen LogP contribution in [0.5, 0.6) is 5.75 Å². The van der Waals surface area contributed by atoms with Crippen molar-refractivity contribution in [3.8, 4) is 5.75 Å². The van der Waals surface area contributed by atoms with E-state index in [1.165, 1.54) is 11.1 Å². The zero-order valence-electron chi connectivity index (χ0n) is 14.0. The van der Waals surface area contributed by atoms with Crippen LogP contribution in [-0.2, 0) is 0 Å². The predicted molar refractivity (Wildman–Crippen MR) is 93.2 cm³/mol. The normalized spacial score (nSPS) is 11.2. The molecule has 1 N–H and O–H groups in total. The number of ether oxygens (including phenoxy) is 1. The molecule has 0 aliphatic carbocycles. The molecule has 0 fully saturated rings. The molecule has 0 aliphatic rings. The zero-order chi connectivity index (χ0) is 16.8. The molecular weight excluding hydrogens is 288 g/mol. The van der Waals surface area contributed by atoms with Crippen LogP contribution >= 0.6 is 0 Å². The number of benzene rings is 2. The van der Waals surface area contributed by atoms with Crippen LogP contribution in [0.2, 0.25) is 0 Å². The van der Waals surface area contributed by atoms with Gasteiger partial charge < -0.3 is 4.74 Å². The molecule has 4 heteroatoms. The van der Waals surface area contributed by atoms with Crippen molar-refractivity contribution in [2.75, 3.05) is 6.61 Å². The second kappa shape index (κ2) is 7.58. The van der Waals surface area contributed by atoms with Crippen LogP contribution in [-0.4, -0.2) is 18.2 Å². The monoisotopic (exact) mass is 310 g/mol. The Morgan fingerprint density at radius 3 is 2.30 bits per heavy atom. The Labute approximate surface area is 137 Å². The number of nitrogens with zero attached hydrogens (tertiary/aromatic N) is 1. The van der Waals surface area contributed by atoms with Crippen molar-refractivity contribution < 1.29 is 9.53 Å². The molecule has 0 radical (unpaired) electrons. The summed E-state index contributed by atoms with van der Waals surface area (Å²) >= 11 is 0. The highest BCUT2D eigenvalue weighted by Gasteiger charge is 2.06. The maximum atomic E-state index is 12.1. The predicted octanol–water partition coefficient (Wildman–Crippen LogP) is 3.86. The van der Waals surface area contributed by atoms with Crippen LogP contribution in [0.1, 0.15) is 40.9 Å². The van der Waals surface area contributed by atoms with E-state index in [0.717, 1.165) is 17.0 Å². The molecule has 2 aromatic rings. The van der Waals surface area contributed by atoms with Crippen molar-refractivity contribution in [1.82, 2.24) is 5.43 Å². The average Bonchev–Trinajstić information content (AvgIpc) is 2.56. The Morgan fingerprint density at radius 1 is 1.04 bits per heavy atom. The SMILES string of the molecule is CCOc1ccc(C(=O)N/N=C(/C)c2ccc(C)c(C)c2)cc1. The Balaban J connectivity index is 2.05. The number of rotatable bonds is 5. The molecule has 2 aromatic carbocycles. The summed E-state index contributed by atoms with van der Waals surface area (Å²) in [4.78, 5) is 12.1. The maximum absolute atomic E-state index is 12.1. The molecule has 0 saturated carbocycles. The molecule has 1 amide bonds. The van der Waals surface area contributed by atoms with Crippen molar-refractivity contribution in [3.05, 3.63) is 64.7 Å². The van der Waals surface area contributed by atoms with Gasteiger partial charge >= 0.3 is 0 Å². The van der Waals surface area contributed by atoms with E-state index in [9.17, 15) is 4.79 Å². The smallest absolute Gasteiger partial charge is 0.271 e. The fraction of sp³-hybridized carbons (Fsp3) is 0.263. The molecule has 0 atom stereocenters. The molecule has 23 heavy (non-hydrogen) atoms. The fourth-order valence-electron chi connectivity index (χ4n) is 2.10. The van der Waals surface area contributed by atoms with Gasteiger partial charge in [0.05, 0.1) is 12.3 Å². The first-order valence-corrected chi connectivity index (χ1v) is 7.66. The number of hydrogen-bond donors (Lipinski definition) is 1. The summed E-state index contributed by atoms with van der Waals surface area (Å²) in [5, 5.41) is 4.19. The molecule has 0 saturated heterocycles. The number of carbonyl (C=O) groups excluding carboxylic acids is 1. The van der Waals surface area contributed by atoms with E-state index in [1.54, 1.807) is 24.3 Å². The summed E-state index contributed by atoms with van der Waals surface area (Å²) in [6.07, 6.45) is 0. The molecular formula is C19H22N2O2. The van der Waals surface area contributed by atoms with Crippen molar-refractivity contribution in [2.45, 2.75) is 27.7 Å². The van der Waals surface area contributed by atoms with Crippen LogP contribution < -0.4 is 10.2 Å². The Hall–Kier alpha value is -2.62. The summed E-state index contributed by atoms with van der Waals surface area (Å²) in [6, 6.07) is 13.1.